The summed E-state index contributed by atoms with van der Waals surface area (Å²) in [6, 6.07) is 13.1. The van der Waals surface area contributed by atoms with Crippen LogP contribution in [0.5, 0.6) is 11.5 Å². The molecule has 0 atom stereocenters. The van der Waals surface area contributed by atoms with Crippen molar-refractivity contribution in [2.24, 2.45) is 0 Å². The molecule has 0 unspecified atom stereocenters. The Morgan fingerprint density at radius 1 is 0.679 bits per heavy atom. The van der Waals surface area contributed by atoms with Crippen LogP contribution >= 0.6 is 69.6 Å². The minimum atomic E-state index is -0.955. The van der Waals surface area contributed by atoms with Crippen molar-refractivity contribution < 1.29 is 19.1 Å². The van der Waals surface area contributed by atoms with Gasteiger partial charge in [-0.05, 0) is 23.8 Å². The van der Waals surface area contributed by atoms with E-state index in [1.165, 1.54) is 18.2 Å². The molecule has 0 spiro atoms. The molecule has 0 fully saturated rings. The fourth-order valence-corrected chi connectivity index (χ4v) is 2.34. The highest BCUT2D eigenvalue weighted by molar-refractivity contribution is 6.63. The number of rotatable bonds is 5. The molecule has 2 aromatic rings. The zero-order valence-corrected chi connectivity index (χ0v) is 18.1. The lowest BCUT2D eigenvalue weighted by Crippen LogP contribution is -2.10. The first-order valence-electron chi connectivity index (χ1n) is 7.26. The number of ether oxygens (including phenoxy) is 2. The molecule has 0 aromatic heterocycles. The Balaban J connectivity index is 2.44. The maximum absolute atomic E-state index is 12.0. The summed E-state index contributed by atoms with van der Waals surface area (Å²) in [6.45, 7) is 0. The van der Waals surface area contributed by atoms with Gasteiger partial charge in [0, 0.05) is 5.56 Å². The van der Waals surface area contributed by atoms with Crippen LogP contribution in [0, 0.1) is 0 Å². The summed E-state index contributed by atoms with van der Waals surface area (Å²) < 4.78 is 9.52. The zero-order valence-electron chi connectivity index (χ0n) is 13.5. The van der Waals surface area contributed by atoms with Gasteiger partial charge in [-0.2, -0.15) is 0 Å². The van der Waals surface area contributed by atoms with E-state index >= 15 is 0 Å². The van der Waals surface area contributed by atoms with E-state index in [2.05, 4.69) is 0 Å². The van der Waals surface area contributed by atoms with Crippen LogP contribution in [0.3, 0.4) is 0 Å². The van der Waals surface area contributed by atoms with E-state index in [-0.39, 0.29) is 11.5 Å². The molecule has 0 saturated carbocycles. The van der Waals surface area contributed by atoms with Crippen molar-refractivity contribution in [3.05, 3.63) is 67.6 Å². The Labute approximate surface area is 190 Å². The second-order valence-corrected chi connectivity index (χ2v) is 7.61. The first kappa shape index (κ1) is 22.9. The molecule has 0 aliphatic heterocycles. The van der Waals surface area contributed by atoms with Gasteiger partial charge >= 0.3 is 11.9 Å². The lowest BCUT2D eigenvalue weighted by Gasteiger charge is -2.12. The van der Waals surface area contributed by atoms with Gasteiger partial charge in [0.1, 0.15) is 20.5 Å². The fourth-order valence-electron chi connectivity index (χ4n) is 1.96. The van der Waals surface area contributed by atoms with Gasteiger partial charge in [-0.15, -0.1) is 0 Å². The van der Waals surface area contributed by atoms with Gasteiger partial charge in [-0.25, -0.2) is 9.59 Å². The number of halogens is 6. The van der Waals surface area contributed by atoms with Crippen molar-refractivity contribution in [3.8, 4) is 22.6 Å². The molecule has 10 heteroatoms. The minimum absolute atomic E-state index is 0.105. The van der Waals surface area contributed by atoms with Crippen molar-refractivity contribution in [2.75, 3.05) is 0 Å². The third-order valence-corrected chi connectivity index (χ3v) is 4.97. The molecule has 0 saturated heterocycles. The van der Waals surface area contributed by atoms with Crippen LogP contribution in [0.1, 0.15) is 0 Å². The molecule has 4 nitrogen and oxygen atoms in total. The van der Waals surface area contributed by atoms with Gasteiger partial charge in [0.15, 0.2) is 10.1 Å². The van der Waals surface area contributed by atoms with E-state index in [1.54, 1.807) is 30.3 Å². The van der Waals surface area contributed by atoms with Crippen LogP contribution in [0.4, 0.5) is 0 Å². The second kappa shape index (κ2) is 10.4. The Morgan fingerprint density at radius 2 is 1.21 bits per heavy atom. The SMILES string of the molecule is O=C(Oc1ccc(OC(=O)C(Cl)=C(Cl)Cl)c(-c2ccccc2)c1)C(Cl)=C(Cl)Cl. The Morgan fingerprint density at radius 3 is 1.75 bits per heavy atom. The highest BCUT2D eigenvalue weighted by Gasteiger charge is 2.19. The molecule has 2 rings (SSSR count). The number of carbonyl (C=O) groups excluding carboxylic acids is 2. The molecule has 0 N–H and O–H groups in total. The monoisotopic (exact) mass is 498 g/mol. The molecule has 146 valence electrons. The first-order chi connectivity index (χ1) is 13.2. The minimum Gasteiger partial charge on any atom is -0.422 e. The zero-order chi connectivity index (χ0) is 20.8. The lowest BCUT2D eigenvalue weighted by molar-refractivity contribution is -0.130. The number of esters is 2. The normalized spacial score (nSPS) is 10.1. The van der Waals surface area contributed by atoms with Crippen LogP contribution in [-0.2, 0) is 9.59 Å². The Bertz CT molecular complexity index is 961. The van der Waals surface area contributed by atoms with Gasteiger partial charge in [-0.3, -0.25) is 0 Å². The maximum atomic E-state index is 12.0. The van der Waals surface area contributed by atoms with Gasteiger partial charge in [0.25, 0.3) is 0 Å². The second-order valence-electron chi connectivity index (χ2n) is 4.95. The number of carbonyl (C=O) groups is 2. The van der Waals surface area contributed by atoms with Crippen LogP contribution in [-0.4, -0.2) is 11.9 Å². The Hall–Kier alpha value is -1.40. The van der Waals surface area contributed by atoms with E-state index in [0.717, 1.165) is 0 Å². The lowest BCUT2D eigenvalue weighted by atomic mass is 10.0. The highest BCUT2D eigenvalue weighted by Crippen LogP contribution is 2.35. The molecule has 2 aromatic carbocycles. The summed E-state index contributed by atoms with van der Waals surface area (Å²) in [7, 11) is 0. The molecule has 0 bridgehead atoms. The largest absolute Gasteiger partial charge is 0.422 e. The summed E-state index contributed by atoms with van der Waals surface area (Å²) in [6.07, 6.45) is 0. The van der Waals surface area contributed by atoms with E-state index < -0.39 is 31.0 Å². The van der Waals surface area contributed by atoms with E-state index in [1.807, 2.05) is 0 Å². The van der Waals surface area contributed by atoms with Crippen molar-refractivity contribution in [2.45, 2.75) is 0 Å². The van der Waals surface area contributed by atoms with E-state index in [0.29, 0.717) is 11.1 Å². The van der Waals surface area contributed by atoms with Crippen LogP contribution < -0.4 is 9.47 Å². The smallest absolute Gasteiger partial charge is 0.357 e. The van der Waals surface area contributed by atoms with E-state index in [9.17, 15) is 9.59 Å². The van der Waals surface area contributed by atoms with Crippen LogP contribution in [0.25, 0.3) is 11.1 Å². The quantitative estimate of drug-likeness (QED) is 0.253. The highest BCUT2D eigenvalue weighted by atomic mass is 35.5. The molecule has 0 amide bonds. The third kappa shape index (κ3) is 6.05. The fraction of sp³-hybridized carbons (Fsp3) is 0. The molecule has 28 heavy (non-hydrogen) atoms. The van der Waals surface area contributed by atoms with Gasteiger partial charge in [0.2, 0.25) is 0 Å². The van der Waals surface area contributed by atoms with Gasteiger partial charge < -0.3 is 9.47 Å². The van der Waals surface area contributed by atoms with Crippen molar-refractivity contribution in [1.82, 2.24) is 0 Å². The molecule has 0 radical (unpaired) electrons. The topological polar surface area (TPSA) is 52.6 Å². The van der Waals surface area contributed by atoms with Gasteiger partial charge in [-0.1, -0.05) is 99.9 Å². The van der Waals surface area contributed by atoms with E-state index in [4.69, 9.17) is 79.1 Å². The maximum Gasteiger partial charge on any atom is 0.357 e. The van der Waals surface area contributed by atoms with Gasteiger partial charge in [0.05, 0.1) is 0 Å². The number of hydrogen-bond donors (Lipinski definition) is 0. The average Bonchev–Trinajstić information content (AvgIpc) is 2.68. The summed E-state index contributed by atoms with van der Waals surface area (Å²) in [4.78, 5) is 24.0. The summed E-state index contributed by atoms with van der Waals surface area (Å²) in [5.41, 5.74) is 1.09. The molecular weight excluding hydrogens is 493 g/mol. The van der Waals surface area contributed by atoms with Crippen molar-refractivity contribution in [1.29, 1.82) is 0 Å². The Kier molecular flexibility index (Phi) is 8.50. The van der Waals surface area contributed by atoms with Crippen LogP contribution in [0.15, 0.2) is 67.6 Å². The first-order valence-corrected chi connectivity index (χ1v) is 9.53. The summed E-state index contributed by atoms with van der Waals surface area (Å²) >= 11 is 33.3. The molecule has 0 aliphatic rings. The molecule has 0 heterocycles. The predicted molar refractivity (Wildman–Crippen MR) is 112 cm³/mol. The van der Waals surface area contributed by atoms with Crippen LogP contribution in [0.2, 0.25) is 0 Å². The molecular formula is C18H8Cl6O4. The predicted octanol–water partition coefficient (Wildman–Crippen LogP) is 6.94. The van der Waals surface area contributed by atoms with Crippen molar-refractivity contribution in [3.63, 3.8) is 0 Å². The summed E-state index contributed by atoms with van der Waals surface area (Å²) in [5, 5.41) is -0.958. The molecule has 0 aliphatic carbocycles. The standard InChI is InChI=1S/C18H8Cl6O4/c19-13(15(21)22)17(25)27-10-6-7-12(28-18(26)14(20)16(23)24)11(8-10)9-4-2-1-3-5-9/h1-8H. The third-order valence-electron chi connectivity index (χ3n) is 3.14. The number of benzene rings is 2. The summed E-state index contributed by atoms with van der Waals surface area (Å²) in [5.74, 6) is -1.68. The van der Waals surface area contributed by atoms with Crippen molar-refractivity contribution >= 4 is 81.5 Å². The number of hydrogen-bond acceptors (Lipinski definition) is 4. The average molecular weight is 501 g/mol.